The molecular weight excluding hydrogens is 631 g/mol. The van der Waals surface area contributed by atoms with Gasteiger partial charge in [0.25, 0.3) is 0 Å². The highest BCUT2D eigenvalue weighted by molar-refractivity contribution is 5.96. The summed E-state index contributed by atoms with van der Waals surface area (Å²) in [5.74, 6) is 3.42. The van der Waals surface area contributed by atoms with E-state index in [1.807, 2.05) is 36.4 Å². The minimum absolute atomic E-state index is 0.0523. The molecule has 1 spiro atoms. The lowest BCUT2D eigenvalue weighted by Crippen LogP contribution is -2.36. The molecule has 0 radical (unpaired) electrons. The fourth-order valence-corrected chi connectivity index (χ4v) is 9.48. The van der Waals surface area contributed by atoms with Gasteiger partial charge in [-0.3, -0.25) is 0 Å². The molecule has 0 amide bonds. The van der Waals surface area contributed by atoms with E-state index in [9.17, 15) is 0 Å². The van der Waals surface area contributed by atoms with Gasteiger partial charge in [-0.1, -0.05) is 164 Å². The first-order valence-electron chi connectivity index (χ1n) is 18.7. The molecule has 3 aliphatic rings. The Morgan fingerprint density at radius 3 is 1.81 bits per heavy atom. The van der Waals surface area contributed by atoms with Crippen molar-refractivity contribution >= 4 is 0 Å². The zero-order chi connectivity index (χ0) is 34.6. The third-order valence-corrected chi connectivity index (χ3v) is 11.7. The lowest BCUT2D eigenvalue weighted by Gasteiger charge is -2.45. The van der Waals surface area contributed by atoms with Crippen LogP contribution in [0, 0.1) is 11.8 Å². The summed E-state index contributed by atoms with van der Waals surface area (Å²) in [5, 5.41) is 0. The van der Waals surface area contributed by atoms with E-state index in [1.165, 1.54) is 59.1 Å². The van der Waals surface area contributed by atoms with E-state index in [2.05, 4.69) is 128 Å². The Bertz CT molecular complexity index is 2430. The van der Waals surface area contributed by atoms with E-state index in [0.717, 1.165) is 33.7 Å². The van der Waals surface area contributed by atoms with Crippen molar-refractivity contribution in [3.63, 3.8) is 0 Å². The van der Waals surface area contributed by atoms with Crippen LogP contribution in [-0.2, 0) is 5.41 Å². The number of fused-ring (bicyclic) bond motifs is 8. The van der Waals surface area contributed by atoms with Crippen molar-refractivity contribution in [2.75, 3.05) is 0 Å². The quantitative estimate of drug-likeness (QED) is 0.171. The number of allylic oxidation sites excluding steroid dienone is 2. The lowest BCUT2D eigenvalue weighted by molar-refractivity contribution is 0.284. The molecule has 6 aromatic carbocycles. The Balaban J connectivity index is 1.21. The fraction of sp³-hybridized carbons (Fsp3) is 0.163. The number of rotatable bonds is 5. The summed E-state index contributed by atoms with van der Waals surface area (Å²) in [5.41, 5.74) is 14.8. The maximum atomic E-state index is 5.21. The van der Waals surface area contributed by atoms with Gasteiger partial charge >= 0.3 is 0 Å². The van der Waals surface area contributed by atoms with Crippen LogP contribution < -0.4 is 0 Å². The number of nitrogens with zero attached hydrogens (tertiary/aromatic N) is 3. The number of hydrogen-bond donors (Lipinski definition) is 0. The van der Waals surface area contributed by atoms with Crippen molar-refractivity contribution in [2.24, 2.45) is 11.8 Å². The number of aromatic nitrogens is 3. The van der Waals surface area contributed by atoms with Crippen molar-refractivity contribution in [3.05, 3.63) is 174 Å². The first-order valence-corrected chi connectivity index (χ1v) is 18.7. The summed E-state index contributed by atoms with van der Waals surface area (Å²) in [6.07, 6.45) is 7.61. The van der Waals surface area contributed by atoms with E-state index in [0.29, 0.717) is 23.4 Å². The van der Waals surface area contributed by atoms with E-state index in [-0.39, 0.29) is 5.41 Å². The summed E-state index contributed by atoms with van der Waals surface area (Å²) in [6.45, 7) is 2.41. The number of hydrogen-bond acceptors (Lipinski definition) is 3. The average Bonchev–Trinajstić information content (AvgIpc) is 3.50. The Labute approximate surface area is 305 Å². The molecule has 3 heteroatoms. The maximum Gasteiger partial charge on any atom is 0.164 e. The molecule has 2 bridgehead atoms. The molecule has 0 N–H and O–H groups in total. The van der Waals surface area contributed by atoms with E-state index >= 15 is 0 Å². The van der Waals surface area contributed by atoms with Crippen LogP contribution in [0.4, 0.5) is 0 Å². The lowest BCUT2D eigenvalue weighted by atomic mass is 9.58. The molecule has 1 saturated carbocycles. The molecule has 0 saturated heterocycles. The molecule has 3 atom stereocenters. The van der Waals surface area contributed by atoms with Crippen LogP contribution in [0.25, 0.3) is 67.5 Å². The van der Waals surface area contributed by atoms with Gasteiger partial charge < -0.3 is 0 Å². The van der Waals surface area contributed by atoms with Gasteiger partial charge in [0.2, 0.25) is 0 Å². The zero-order valence-electron chi connectivity index (χ0n) is 29.3. The molecule has 1 heterocycles. The Morgan fingerprint density at radius 2 is 1.10 bits per heavy atom. The van der Waals surface area contributed by atoms with Gasteiger partial charge in [0.05, 0.1) is 0 Å². The van der Waals surface area contributed by atoms with Gasteiger partial charge in [-0.15, -0.1) is 0 Å². The molecule has 52 heavy (non-hydrogen) atoms. The smallest absolute Gasteiger partial charge is 0.164 e. The van der Waals surface area contributed by atoms with Crippen LogP contribution in [-0.4, -0.2) is 15.0 Å². The Morgan fingerprint density at radius 1 is 0.500 bits per heavy atom. The predicted molar refractivity (Wildman–Crippen MR) is 212 cm³/mol. The van der Waals surface area contributed by atoms with Gasteiger partial charge in [0.15, 0.2) is 17.5 Å². The molecule has 3 unspecified atom stereocenters. The van der Waals surface area contributed by atoms with Crippen LogP contribution >= 0.6 is 0 Å². The third kappa shape index (κ3) is 4.98. The average molecular weight is 670 g/mol. The SMILES string of the molecule is CC1C=C2CC(CCC23c2ccccc2-c2c(-c4ccc(-c5ccccc5)c(-c5nc(-c6ccccc6)nc(-c6ccccc6)n5)c4)cccc23)C1. The molecule has 3 aliphatic carbocycles. The normalized spacial score (nSPS) is 19.9. The molecule has 1 aromatic heterocycles. The predicted octanol–water partition coefficient (Wildman–Crippen LogP) is 12.2. The molecule has 3 nitrogen and oxygen atoms in total. The summed E-state index contributed by atoms with van der Waals surface area (Å²) in [6, 6.07) is 54.2. The molecule has 250 valence electrons. The second-order valence-corrected chi connectivity index (χ2v) is 14.9. The van der Waals surface area contributed by atoms with Crippen LogP contribution in [0.5, 0.6) is 0 Å². The monoisotopic (exact) mass is 669 g/mol. The highest BCUT2D eigenvalue weighted by atomic mass is 15.0. The van der Waals surface area contributed by atoms with Crippen molar-refractivity contribution in [1.29, 1.82) is 0 Å². The van der Waals surface area contributed by atoms with Gasteiger partial charge in [-0.25, -0.2) is 15.0 Å². The van der Waals surface area contributed by atoms with Crippen molar-refractivity contribution < 1.29 is 0 Å². The largest absolute Gasteiger partial charge is 0.208 e. The fourth-order valence-electron chi connectivity index (χ4n) is 9.48. The second-order valence-electron chi connectivity index (χ2n) is 14.9. The highest BCUT2D eigenvalue weighted by Crippen LogP contribution is 2.62. The molecule has 10 rings (SSSR count). The van der Waals surface area contributed by atoms with Crippen molar-refractivity contribution in [1.82, 2.24) is 15.0 Å². The standard InChI is InChI=1S/C49H39N3/c1-32-28-33-26-27-49(38(29-32)30-33)43-22-12-11-20-41(43)45-40(21-13-23-44(45)49)37-24-25-39(34-14-5-2-6-15-34)42(31-37)48-51-46(35-16-7-3-8-17-35)50-47(52-48)36-18-9-4-10-19-36/h2-25,29,31-33H,26-28,30H2,1H3. The van der Waals surface area contributed by atoms with E-state index in [1.54, 1.807) is 5.57 Å². The van der Waals surface area contributed by atoms with Gasteiger partial charge in [0, 0.05) is 22.1 Å². The van der Waals surface area contributed by atoms with Crippen LogP contribution in [0.2, 0.25) is 0 Å². The van der Waals surface area contributed by atoms with Crippen LogP contribution in [0.1, 0.15) is 43.7 Å². The van der Waals surface area contributed by atoms with Gasteiger partial charge in [-0.05, 0) is 88.1 Å². The minimum Gasteiger partial charge on any atom is -0.208 e. The van der Waals surface area contributed by atoms with Gasteiger partial charge in [0.1, 0.15) is 0 Å². The Kier molecular flexibility index (Phi) is 7.35. The molecule has 1 fully saturated rings. The van der Waals surface area contributed by atoms with E-state index < -0.39 is 0 Å². The highest BCUT2D eigenvalue weighted by Gasteiger charge is 2.50. The maximum absolute atomic E-state index is 5.21. The van der Waals surface area contributed by atoms with Crippen molar-refractivity contribution in [3.8, 4) is 67.5 Å². The summed E-state index contributed by atoms with van der Waals surface area (Å²) in [4.78, 5) is 15.4. The molecular formula is C49H39N3. The molecule has 7 aromatic rings. The van der Waals surface area contributed by atoms with Crippen LogP contribution in [0.3, 0.4) is 0 Å². The summed E-state index contributed by atoms with van der Waals surface area (Å²) >= 11 is 0. The Hall–Kier alpha value is -5.93. The zero-order valence-corrected chi connectivity index (χ0v) is 29.3. The van der Waals surface area contributed by atoms with Crippen LogP contribution in [0.15, 0.2) is 163 Å². The minimum atomic E-state index is -0.0523. The number of benzene rings is 6. The molecule has 0 aliphatic heterocycles. The first-order chi connectivity index (χ1) is 25.7. The third-order valence-electron chi connectivity index (χ3n) is 11.7. The van der Waals surface area contributed by atoms with E-state index in [4.69, 9.17) is 15.0 Å². The summed E-state index contributed by atoms with van der Waals surface area (Å²) < 4.78 is 0. The first kappa shape index (κ1) is 30.9. The van der Waals surface area contributed by atoms with Crippen molar-refractivity contribution in [2.45, 2.75) is 38.0 Å². The van der Waals surface area contributed by atoms with Gasteiger partial charge in [-0.2, -0.15) is 0 Å². The second kappa shape index (κ2) is 12.4. The summed E-state index contributed by atoms with van der Waals surface area (Å²) in [7, 11) is 0. The topological polar surface area (TPSA) is 38.7 Å².